The molecule has 3 nitrogen and oxygen atoms in total. The Bertz CT molecular complexity index is 360. The molecule has 0 bridgehead atoms. The predicted molar refractivity (Wildman–Crippen MR) is 50.6 cm³/mol. The third-order valence-corrected chi connectivity index (χ3v) is 1.91. The third-order valence-electron chi connectivity index (χ3n) is 1.66. The van der Waals surface area contributed by atoms with Crippen LogP contribution >= 0.6 is 11.6 Å². The molecule has 1 aromatic rings. The van der Waals surface area contributed by atoms with Gasteiger partial charge in [-0.3, -0.25) is 4.79 Å². The van der Waals surface area contributed by atoms with Crippen molar-refractivity contribution in [3.63, 3.8) is 0 Å². The molecule has 0 unspecified atom stereocenters. The fourth-order valence-electron chi connectivity index (χ4n) is 0.984. The van der Waals surface area contributed by atoms with E-state index in [0.717, 1.165) is 5.56 Å². The average molecular weight is 198 g/mol. The maximum Gasteiger partial charge on any atom is 0.226 e. The largest absolute Gasteiger partial charge is 0.410 e. The lowest BCUT2D eigenvalue weighted by Crippen LogP contribution is -2.09. The van der Waals surface area contributed by atoms with Gasteiger partial charge in [-0.05, 0) is 12.5 Å². The van der Waals surface area contributed by atoms with Crippen molar-refractivity contribution in [2.75, 3.05) is 0 Å². The van der Waals surface area contributed by atoms with E-state index in [-0.39, 0.29) is 0 Å². The fourth-order valence-corrected chi connectivity index (χ4v) is 1.09. The van der Waals surface area contributed by atoms with Crippen LogP contribution in [-0.2, 0) is 0 Å². The van der Waals surface area contributed by atoms with Gasteiger partial charge in [0.1, 0.15) is 0 Å². The summed E-state index contributed by atoms with van der Waals surface area (Å²) in [6.07, 6.45) is 0. The lowest BCUT2D eigenvalue weighted by Gasteiger charge is -2.00. The van der Waals surface area contributed by atoms with E-state index in [1.807, 2.05) is 6.07 Å². The number of carbonyl (C=O) groups excluding carboxylic acids is 1. The van der Waals surface area contributed by atoms with Crippen LogP contribution in [-0.4, -0.2) is 16.2 Å². The normalized spacial score (nSPS) is 11.4. The van der Waals surface area contributed by atoms with Crippen LogP contribution in [0, 0.1) is 6.92 Å². The summed E-state index contributed by atoms with van der Waals surface area (Å²) >= 11 is 5.37. The number of aryl methyl sites for hydroxylation is 1. The molecular formula is C9H8ClNO2. The topological polar surface area (TPSA) is 49.7 Å². The van der Waals surface area contributed by atoms with Crippen molar-refractivity contribution in [3.8, 4) is 0 Å². The molecule has 0 aliphatic heterocycles. The number of oxime groups is 1. The first-order valence-corrected chi connectivity index (χ1v) is 4.02. The Kier molecular flexibility index (Phi) is 3.03. The highest BCUT2D eigenvalue weighted by Crippen LogP contribution is 2.09. The van der Waals surface area contributed by atoms with Gasteiger partial charge in [0, 0.05) is 5.56 Å². The van der Waals surface area contributed by atoms with Crippen LogP contribution in [0.2, 0.25) is 0 Å². The summed E-state index contributed by atoms with van der Waals surface area (Å²) < 4.78 is 0. The Labute approximate surface area is 80.6 Å². The molecule has 0 amide bonds. The van der Waals surface area contributed by atoms with Crippen LogP contribution in [0.1, 0.15) is 15.9 Å². The molecule has 0 heterocycles. The number of benzene rings is 1. The van der Waals surface area contributed by atoms with Crippen LogP contribution in [0.15, 0.2) is 29.4 Å². The van der Waals surface area contributed by atoms with Gasteiger partial charge < -0.3 is 5.21 Å². The molecule has 1 aromatic carbocycles. The lowest BCUT2D eigenvalue weighted by atomic mass is 10.1. The summed E-state index contributed by atoms with van der Waals surface area (Å²) in [6, 6.07) is 6.96. The average Bonchev–Trinajstić information content (AvgIpc) is 2.16. The standard InChI is InChI=1S/C9H8ClNO2/c1-6-4-2-3-5-7(6)8(12)9(10)11-13/h2-5,13H,1H3/b11-9-. The monoisotopic (exact) mass is 197 g/mol. The second-order valence-corrected chi connectivity index (χ2v) is 2.89. The number of ketones is 1. The van der Waals surface area contributed by atoms with Crippen LogP contribution in [0.25, 0.3) is 0 Å². The van der Waals surface area contributed by atoms with E-state index < -0.39 is 11.0 Å². The zero-order valence-corrected chi connectivity index (χ0v) is 7.75. The quantitative estimate of drug-likeness (QED) is 0.342. The number of Topliss-reactive ketones (excluding diaryl/α,β-unsaturated/α-hetero) is 1. The molecule has 0 spiro atoms. The number of hydrogen-bond acceptors (Lipinski definition) is 3. The van der Waals surface area contributed by atoms with Gasteiger partial charge >= 0.3 is 0 Å². The van der Waals surface area contributed by atoms with Gasteiger partial charge in [-0.1, -0.05) is 41.0 Å². The molecule has 1 N–H and O–H groups in total. The van der Waals surface area contributed by atoms with Crippen molar-refractivity contribution in [1.29, 1.82) is 0 Å². The van der Waals surface area contributed by atoms with Gasteiger partial charge in [-0.25, -0.2) is 0 Å². The van der Waals surface area contributed by atoms with E-state index in [1.165, 1.54) is 0 Å². The molecule has 0 radical (unpaired) electrons. The van der Waals surface area contributed by atoms with Gasteiger partial charge in [0.25, 0.3) is 0 Å². The van der Waals surface area contributed by atoms with Crippen molar-refractivity contribution in [2.24, 2.45) is 5.16 Å². The Balaban J connectivity index is 3.10. The number of halogens is 1. The van der Waals surface area contributed by atoms with Crippen molar-refractivity contribution >= 4 is 22.6 Å². The lowest BCUT2D eigenvalue weighted by molar-refractivity contribution is 0.106. The second kappa shape index (κ2) is 4.05. The van der Waals surface area contributed by atoms with Gasteiger partial charge in [0.05, 0.1) is 0 Å². The minimum Gasteiger partial charge on any atom is -0.410 e. The van der Waals surface area contributed by atoms with Gasteiger partial charge in [-0.2, -0.15) is 0 Å². The SMILES string of the molecule is Cc1ccccc1C(=O)/C(Cl)=N/O. The minimum absolute atomic E-state index is 0.422. The zero-order chi connectivity index (χ0) is 9.84. The van der Waals surface area contributed by atoms with Crippen LogP contribution in [0.4, 0.5) is 0 Å². The summed E-state index contributed by atoms with van der Waals surface area (Å²) in [4.78, 5) is 11.4. The van der Waals surface area contributed by atoms with Crippen molar-refractivity contribution in [1.82, 2.24) is 0 Å². The van der Waals surface area contributed by atoms with Crippen LogP contribution < -0.4 is 0 Å². The summed E-state index contributed by atoms with van der Waals surface area (Å²) in [5.41, 5.74) is 1.25. The molecule has 4 heteroatoms. The molecule has 0 aliphatic rings. The van der Waals surface area contributed by atoms with E-state index in [9.17, 15) is 4.79 Å². The molecule has 0 fully saturated rings. The second-order valence-electron chi connectivity index (χ2n) is 2.53. The van der Waals surface area contributed by atoms with Gasteiger partial charge in [-0.15, -0.1) is 0 Å². The van der Waals surface area contributed by atoms with E-state index in [0.29, 0.717) is 5.56 Å². The Morgan fingerprint density at radius 1 is 1.46 bits per heavy atom. The molecule has 13 heavy (non-hydrogen) atoms. The minimum atomic E-state index is -0.470. The highest BCUT2D eigenvalue weighted by molar-refractivity contribution is 6.84. The molecule has 0 atom stereocenters. The maximum absolute atomic E-state index is 11.4. The third kappa shape index (κ3) is 2.06. The summed E-state index contributed by atoms with van der Waals surface area (Å²) in [5.74, 6) is -0.470. The van der Waals surface area contributed by atoms with E-state index in [2.05, 4.69) is 5.16 Å². The van der Waals surface area contributed by atoms with Crippen LogP contribution in [0.3, 0.4) is 0 Å². The number of carbonyl (C=O) groups is 1. The van der Waals surface area contributed by atoms with Crippen molar-refractivity contribution in [2.45, 2.75) is 6.92 Å². The predicted octanol–water partition coefficient (Wildman–Crippen LogP) is 2.20. The summed E-state index contributed by atoms with van der Waals surface area (Å²) in [5, 5.41) is 10.5. The first-order chi connectivity index (χ1) is 6.16. The van der Waals surface area contributed by atoms with E-state index in [1.54, 1.807) is 25.1 Å². The van der Waals surface area contributed by atoms with E-state index >= 15 is 0 Å². The number of nitrogens with zero attached hydrogens (tertiary/aromatic N) is 1. The molecular weight excluding hydrogens is 190 g/mol. The number of rotatable bonds is 2. The molecule has 1 rings (SSSR count). The molecule has 0 aromatic heterocycles. The highest BCUT2D eigenvalue weighted by atomic mass is 35.5. The van der Waals surface area contributed by atoms with Gasteiger partial charge in [0.2, 0.25) is 11.0 Å². The first kappa shape index (κ1) is 9.74. The fraction of sp³-hybridized carbons (Fsp3) is 0.111. The van der Waals surface area contributed by atoms with E-state index in [4.69, 9.17) is 16.8 Å². The van der Waals surface area contributed by atoms with Gasteiger partial charge in [0.15, 0.2) is 0 Å². The molecule has 0 saturated heterocycles. The maximum atomic E-state index is 11.4. The molecule has 0 saturated carbocycles. The number of hydrogen-bond donors (Lipinski definition) is 1. The Morgan fingerprint density at radius 3 is 2.62 bits per heavy atom. The smallest absolute Gasteiger partial charge is 0.226 e. The Morgan fingerprint density at radius 2 is 2.08 bits per heavy atom. The summed E-state index contributed by atoms with van der Waals surface area (Å²) in [6.45, 7) is 1.79. The Hall–Kier alpha value is -1.35. The van der Waals surface area contributed by atoms with Crippen molar-refractivity contribution in [3.05, 3.63) is 35.4 Å². The van der Waals surface area contributed by atoms with Crippen molar-refractivity contribution < 1.29 is 10.0 Å². The molecule has 68 valence electrons. The first-order valence-electron chi connectivity index (χ1n) is 3.64. The summed E-state index contributed by atoms with van der Waals surface area (Å²) in [7, 11) is 0. The van der Waals surface area contributed by atoms with Crippen LogP contribution in [0.5, 0.6) is 0 Å². The molecule has 0 aliphatic carbocycles. The highest BCUT2D eigenvalue weighted by Gasteiger charge is 2.13. The zero-order valence-electron chi connectivity index (χ0n) is 6.99.